The van der Waals surface area contributed by atoms with Gasteiger partial charge in [0.25, 0.3) is 15.9 Å². The molecule has 0 atom stereocenters. The van der Waals surface area contributed by atoms with Crippen molar-refractivity contribution in [1.29, 1.82) is 0 Å². The summed E-state index contributed by atoms with van der Waals surface area (Å²) in [6.45, 7) is 1.81. The Morgan fingerprint density at radius 1 is 0.881 bits per heavy atom. The smallest absolute Gasteiger partial charge is 0.343 e. The first-order chi connectivity index (χ1) is 20.3. The second kappa shape index (κ2) is 14.3. The van der Waals surface area contributed by atoms with Gasteiger partial charge in [0.2, 0.25) is 0 Å². The molecule has 4 rings (SSSR count). The van der Waals surface area contributed by atoms with E-state index in [1.807, 2.05) is 19.2 Å². The third-order valence-electron chi connectivity index (χ3n) is 5.87. The molecule has 42 heavy (non-hydrogen) atoms. The Kier molecular flexibility index (Phi) is 10.4. The number of esters is 1. The van der Waals surface area contributed by atoms with Gasteiger partial charge in [0.1, 0.15) is 18.0 Å². The Hall–Kier alpha value is -4.61. The number of ether oxygens (including phenoxy) is 2. The standard InChI is InChI=1S/C31H29N3O6S2/c1-3-39-26-15-11-25(12-16-26)34(42(37,38)29-19-17-28(41-2)18-20-29)22-30(35)33-32-21-23-9-13-27(14-10-23)40-31(36)24-7-5-4-6-8-24/h4-21H,3,22H2,1-2H3,(H,33,35)/b32-21-. The minimum Gasteiger partial charge on any atom is -0.494 e. The number of hydrogen-bond acceptors (Lipinski definition) is 8. The summed E-state index contributed by atoms with van der Waals surface area (Å²) >= 11 is 1.49. The molecule has 0 fully saturated rings. The fourth-order valence-corrected chi connectivity index (χ4v) is 5.60. The Balaban J connectivity index is 1.44. The lowest BCUT2D eigenvalue weighted by Crippen LogP contribution is -2.39. The highest BCUT2D eigenvalue weighted by Crippen LogP contribution is 2.27. The monoisotopic (exact) mass is 603 g/mol. The summed E-state index contributed by atoms with van der Waals surface area (Å²) in [7, 11) is -4.08. The molecule has 0 aromatic heterocycles. The number of sulfonamides is 1. The van der Waals surface area contributed by atoms with Crippen LogP contribution in [0.5, 0.6) is 11.5 Å². The van der Waals surface area contributed by atoms with Crippen LogP contribution in [0.25, 0.3) is 0 Å². The first-order valence-electron chi connectivity index (χ1n) is 12.9. The minimum atomic E-state index is -4.08. The normalized spacial score (nSPS) is 11.2. The van der Waals surface area contributed by atoms with E-state index in [1.54, 1.807) is 84.9 Å². The van der Waals surface area contributed by atoms with E-state index >= 15 is 0 Å². The van der Waals surface area contributed by atoms with Gasteiger partial charge < -0.3 is 9.47 Å². The number of hydrogen-bond donors (Lipinski definition) is 1. The van der Waals surface area contributed by atoms with Crippen molar-refractivity contribution in [2.24, 2.45) is 5.10 Å². The number of carbonyl (C=O) groups excluding carboxylic acids is 2. The van der Waals surface area contributed by atoms with Crippen LogP contribution in [0, 0.1) is 0 Å². The number of nitrogens with zero attached hydrogens (tertiary/aromatic N) is 2. The second-order valence-electron chi connectivity index (χ2n) is 8.73. The molecule has 0 spiro atoms. The maximum atomic E-state index is 13.6. The second-order valence-corrected chi connectivity index (χ2v) is 11.5. The highest BCUT2D eigenvalue weighted by atomic mass is 32.2. The van der Waals surface area contributed by atoms with Gasteiger partial charge in [-0.3, -0.25) is 9.10 Å². The molecule has 4 aromatic carbocycles. The van der Waals surface area contributed by atoms with Crippen molar-refractivity contribution in [2.45, 2.75) is 16.7 Å². The molecular formula is C31H29N3O6S2. The lowest BCUT2D eigenvalue weighted by molar-refractivity contribution is -0.119. The van der Waals surface area contributed by atoms with Gasteiger partial charge in [0.15, 0.2) is 0 Å². The maximum Gasteiger partial charge on any atom is 0.343 e. The van der Waals surface area contributed by atoms with Crippen molar-refractivity contribution in [2.75, 3.05) is 23.7 Å². The Morgan fingerprint density at radius 3 is 2.14 bits per heavy atom. The highest BCUT2D eigenvalue weighted by molar-refractivity contribution is 7.98. The van der Waals surface area contributed by atoms with Gasteiger partial charge in [-0.2, -0.15) is 5.10 Å². The van der Waals surface area contributed by atoms with Gasteiger partial charge in [-0.25, -0.2) is 18.6 Å². The molecule has 0 radical (unpaired) electrons. The Bertz CT molecular complexity index is 1630. The van der Waals surface area contributed by atoms with Crippen LogP contribution in [0.3, 0.4) is 0 Å². The number of benzene rings is 4. The van der Waals surface area contributed by atoms with E-state index in [4.69, 9.17) is 9.47 Å². The van der Waals surface area contributed by atoms with Crippen molar-refractivity contribution in [3.63, 3.8) is 0 Å². The van der Waals surface area contributed by atoms with Crippen LogP contribution in [-0.2, 0) is 14.8 Å². The topological polar surface area (TPSA) is 114 Å². The van der Waals surface area contributed by atoms with Crippen LogP contribution in [0.15, 0.2) is 118 Å². The Labute approximate surface area is 249 Å². The van der Waals surface area contributed by atoms with Crippen molar-refractivity contribution < 1.29 is 27.5 Å². The molecule has 1 amide bonds. The van der Waals surface area contributed by atoms with E-state index in [1.165, 1.54) is 30.1 Å². The van der Waals surface area contributed by atoms with E-state index in [0.29, 0.717) is 34.9 Å². The third-order valence-corrected chi connectivity index (χ3v) is 8.41. The van der Waals surface area contributed by atoms with Crippen LogP contribution in [0.1, 0.15) is 22.8 Å². The summed E-state index contributed by atoms with van der Waals surface area (Å²) in [5.74, 6) is -0.181. The number of hydrazone groups is 1. The van der Waals surface area contributed by atoms with E-state index in [-0.39, 0.29) is 4.90 Å². The predicted octanol–water partition coefficient (Wildman–Crippen LogP) is 5.37. The minimum absolute atomic E-state index is 0.0542. The zero-order chi connectivity index (χ0) is 30.0. The molecular weight excluding hydrogens is 574 g/mol. The van der Waals surface area contributed by atoms with Crippen molar-refractivity contribution >= 4 is 45.6 Å². The summed E-state index contributed by atoms with van der Waals surface area (Å²) in [5, 5.41) is 3.97. The summed E-state index contributed by atoms with van der Waals surface area (Å²) in [6, 6.07) is 28.1. The predicted molar refractivity (Wildman–Crippen MR) is 164 cm³/mol. The molecule has 0 heterocycles. The number of rotatable bonds is 12. The molecule has 0 aliphatic rings. The fraction of sp³-hybridized carbons (Fsp3) is 0.129. The zero-order valence-corrected chi connectivity index (χ0v) is 24.6. The van der Waals surface area contributed by atoms with Crippen molar-refractivity contribution in [1.82, 2.24) is 5.43 Å². The fourth-order valence-electron chi connectivity index (χ4n) is 3.77. The lowest BCUT2D eigenvalue weighted by Gasteiger charge is -2.24. The number of anilines is 1. The molecule has 0 aliphatic carbocycles. The van der Waals surface area contributed by atoms with Crippen LogP contribution in [-0.4, -0.2) is 45.9 Å². The SMILES string of the molecule is CCOc1ccc(N(CC(=O)N/N=C\c2ccc(OC(=O)c3ccccc3)cc2)S(=O)(=O)c2ccc(SC)cc2)cc1. The first-order valence-corrected chi connectivity index (χ1v) is 15.6. The Morgan fingerprint density at radius 2 is 1.52 bits per heavy atom. The molecule has 0 unspecified atom stereocenters. The number of nitrogens with one attached hydrogen (secondary N) is 1. The average Bonchev–Trinajstić information content (AvgIpc) is 3.02. The first kappa shape index (κ1) is 30.4. The van der Waals surface area contributed by atoms with Gasteiger partial charge in [0, 0.05) is 4.90 Å². The quantitative estimate of drug-likeness (QED) is 0.0761. The van der Waals surface area contributed by atoms with Gasteiger partial charge in [-0.1, -0.05) is 18.2 Å². The molecule has 216 valence electrons. The van der Waals surface area contributed by atoms with Crippen LogP contribution < -0.4 is 19.2 Å². The summed E-state index contributed by atoms with van der Waals surface area (Å²) in [4.78, 5) is 26.0. The molecule has 0 saturated heterocycles. The number of thioether (sulfide) groups is 1. The maximum absolute atomic E-state index is 13.6. The number of amides is 1. The molecule has 11 heteroatoms. The molecule has 4 aromatic rings. The van der Waals surface area contributed by atoms with E-state index in [9.17, 15) is 18.0 Å². The molecule has 0 bridgehead atoms. The van der Waals surface area contributed by atoms with Gasteiger partial charge in [0.05, 0.1) is 29.0 Å². The molecule has 1 N–H and O–H groups in total. The van der Waals surface area contributed by atoms with Crippen molar-refractivity contribution in [3.05, 3.63) is 114 Å². The molecule has 0 saturated carbocycles. The summed E-state index contributed by atoms with van der Waals surface area (Å²) < 4.78 is 39.1. The van der Waals surface area contributed by atoms with E-state index < -0.39 is 28.4 Å². The molecule has 9 nitrogen and oxygen atoms in total. The largest absolute Gasteiger partial charge is 0.494 e. The van der Waals surface area contributed by atoms with E-state index in [2.05, 4.69) is 10.5 Å². The van der Waals surface area contributed by atoms with Crippen LogP contribution >= 0.6 is 11.8 Å². The van der Waals surface area contributed by atoms with Crippen LogP contribution in [0.4, 0.5) is 5.69 Å². The average molecular weight is 604 g/mol. The zero-order valence-electron chi connectivity index (χ0n) is 23.0. The third kappa shape index (κ3) is 7.99. The van der Waals surface area contributed by atoms with E-state index in [0.717, 1.165) is 9.20 Å². The summed E-state index contributed by atoms with van der Waals surface area (Å²) in [5.41, 5.74) is 3.74. The molecule has 0 aliphatic heterocycles. The van der Waals surface area contributed by atoms with Gasteiger partial charge in [-0.15, -0.1) is 11.8 Å². The highest BCUT2D eigenvalue weighted by Gasteiger charge is 2.27. The van der Waals surface area contributed by atoms with Gasteiger partial charge >= 0.3 is 5.97 Å². The van der Waals surface area contributed by atoms with Gasteiger partial charge in [-0.05, 0) is 104 Å². The summed E-state index contributed by atoms with van der Waals surface area (Å²) in [6.07, 6.45) is 3.30. The van der Waals surface area contributed by atoms with Crippen molar-refractivity contribution in [3.8, 4) is 11.5 Å². The number of carbonyl (C=O) groups is 2. The lowest BCUT2D eigenvalue weighted by atomic mass is 10.2. The van der Waals surface area contributed by atoms with Crippen LogP contribution in [0.2, 0.25) is 0 Å².